The van der Waals surface area contributed by atoms with Crippen LogP contribution in [0.5, 0.6) is 0 Å². The van der Waals surface area contributed by atoms with Crippen LogP contribution in [0.25, 0.3) is 0 Å². The van der Waals surface area contributed by atoms with Gasteiger partial charge in [-0.15, -0.1) is 0 Å². The zero-order valence-electron chi connectivity index (χ0n) is 14.5. The van der Waals surface area contributed by atoms with Crippen LogP contribution >= 0.6 is 0 Å². The number of amides is 2. The Kier molecular flexibility index (Phi) is 4.65. The average molecular weight is 362 g/mol. The number of rotatable bonds is 4. The van der Waals surface area contributed by atoms with E-state index in [9.17, 15) is 9.59 Å². The van der Waals surface area contributed by atoms with Crippen LogP contribution in [-0.4, -0.2) is 23.2 Å². The minimum Gasteiger partial charge on any atom is -0.387 e. The molecule has 0 aromatic heterocycles. The molecule has 2 aromatic rings. The second-order valence-corrected chi connectivity index (χ2v) is 6.37. The van der Waals surface area contributed by atoms with Crippen LogP contribution < -0.4 is 10.7 Å². The molecule has 0 bridgehead atoms. The minimum absolute atomic E-state index is 0.0732. The van der Waals surface area contributed by atoms with Gasteiger partial charge in [0, 0.05) is 24.9 Å². The van der Waals surface area contributed by atoms with Crippen LogP contribution in [0.4, 0.5) is 5.69 Å². The van der Waals surface area contributed by atoms with Crippen molar-refractivity contribution in [1.29, 1.82) is 0 Å². The zero-order chi connectivity index (χ0) is 18.6. The Labute approximate surface area is 156 Å². The summed E-state index contributed by atoms with van der Waals surface area (Å²) in [6.45, 7) is 0. The van der Waals surface area contributed by atoms with E-state index in [1.54, 1.807) is 12.1 Å². The second-order valence-electron chi connectivity index (χ2n) is 6.37. The summed E-state index contributed by atoms with van der Waals surface area (Å²) in [5.74, 6) is -0.348. The van der Waals surface area contributed by atoms with Gasteiger partial charge in [-0.25, -0.2) is 5.43 Å². The predicted octanol–water partition coefficient (Wildman–Crippen LogP) is 2.76. The lowest BCUT2D eigenvalue weighted by atomic mass is 10.0. The molecule has 0 aliphatic carbocycles. The van der Waals surface area contributed by atoms with Crippen molar-refractivity contribution < 1.29 is 14.4 Å². The highest BCUT2D eigenvalue weighted by molar-refractivity contribution is 6.43. The fraction of sp³-hybridized carbons (Fsp3) is 0.200. The van der Waals surface area contributed by atoms with E-state index in [-0.39, 0.29) is 17.9 Å². The van der Waals surface area contributed by atoms with Crippen LogP contribution in [0.1, 0.15) is 36.5 Å². The van der Waals surface area contributed by atoms with Gasteiger partial charge in [-0.2, -0.15) is 5.10 Å². The predicted molar refractivity (Wildman–Crippen MR) is 101 cm³/mol. The van der Waals surface area contributed by atoms with Gasteiger partial charge in [-0.3, -0.25) is 9.59 Å². The molecule has 27 heavy (non-hydrogen) atoms. The van der Waals surface area contributed by atoms with Gasteiger partial charge in [-0.1, -0.05) is 47.6 Å². The van der Waals surface area contributed by atoms with Crippen molar-refractivity contribution in [2.24, 2.45) is 10.3 Å². The molecule has 2 heterocycles. The molecule has 136 valence electrons. The molecule has 2 aliphatic heterocycles. The van der Waals surface area contributed by atoms with Crippen LogP contribution in [0, 0.1) is 0 Å². The zero-order valence-corrected chi connectivity index (χ0v) is 14.5. The lowest BCUT2D eigenvalue weighted by molar-refractivity contribution is -0.121. The van der Waals surface area contributed by atoms with Crippen molar-refractivity contribution in [2.75, 3.05) is 5.32 Å². The molecule has 0 fully saturated rings. The van der Waals surface area contributed by atoms with E-state index >= 15 is 0 Å². The van der Waals surface area contributed by atoms with Crippen molar-refractivity contribution in [3.8, 4) is 0 Å². The molecule has 0 radical (unpaired) electrons. The highest BCUT2D eigenvalue weighted by Crippen LogP contribution is 2.27. The van der Waals surface area contributed by atoms with Gasteiger partial charge in [0.05, 0.1) is 5.71 Å². The summed E-state index contributed by atoms with van der Waals surface area (Å²) < 4.78 is 0. The van der Waals surface area contributed by atoms with Crippen LogP contribution in [0.3, 0.4) is 0 Å². The van der Waals surface area contributed by atoms with Gasteiger partial charge < -0.3 is 10.2 Å². The van der Waals surface area contributed by atoms with Gasteiger partial charge in [0.25, 0.3) is 5.91 Å². The number of oxime groups is 1. The van der Waals surface area contributed by atoms with E-state index in [2.05, 4.69) is 21.0 Å². The van der Waals surface area contributed by atoms with Gasteiger partial charge in [0.15, 0.2) is 6.10 Å². The number of benzene rings is 2. The Bertz CT molecular complexity index is 920. The van der Waals surface area contributed by atoms with E-state index < -0.39 is 0 Å². The fourth-order valence-corrected chi connectivity index (χ4v) is 2.99. The SMILES string of the molecule is O=C1CCC(c2ccc(NC(=O)C3=NOC(c4ccccc4)C3)cc2)=NN1. The Balaban J connectivity index is 1.37. The van der Waals surface area contributed by atoms with Crippen LogP contribution in [0.15, 0.2) is 64.9 Å². The van der Waals surface area contributed by atoms with Gasteiger partial charge in [-0.05, 0) is 23.3 Å². The maximum atomic E-state index is 12.4. The van der Waals surface area contributed by atoms with Crippen LogP contribution in [-0.2, 0) is 14.4 Å². The van der Waals surface area contributed by atoms with Crippen molar-refractivity contribution >= 4 is 28.9 Å². The third kappa shape index (κ3) is 3.87. The first kappa shape index (κ1) is 17.0. The number of carbonyl (C=O) groups excluding carboxylic acids is 2. The Morgan fingerprint density at radius 1 is 1.07 bits per heavy atom. The van der Waals surface area contributed by atoms with E-state index in [1.807, 2.05) is 42.5 Å². The molecular formula is C20H18N4O3. The number of anilines is 1. The summed E-state index contributed by atoms with van der Waals surface area (Å²) in [5, 5.41) is 10.8. The number of nitrogens with zero attached hydrogens (tertiary/aromatic N) is 2. The lowest BCUT2D eigenvalue weighted by Gasteiger charge is -2.12. The highest BCUT2D eigenvalue weighted by Gasteiger charge is 2.27. The van der Waals surface area contributed by atoms with Crippen molar-refractivity contribution in [1.82, 2.24) is 5.43 Å². The molecule has 2 amide bonds. The summed E-state index contributed by atoms with van der Waals surface area (Å²) in [6, 6.07) is 17.0. The van der Waals surface area contributed by atoms with Gasteiger partial charge in [0.1, 0.15) is 5.71 Å². The molecular weight excluding hydrogens is 344 g/mol. The van der Waals surface area contributed by atoms with Crippen molar-refractivity contribution in [3.63, 3.8) is 0 Å². The molecule has 0 saturated carbocycles. The molecule has 1 unspecified atom stereocenters. The molecule has 7 nitrogen and oxygen atoms in total. The fourth-order valence-electron chi connectivity index (χ4n) is 2.99. The quantitative estimate of drug-likeness (QED) is 0.876. The first-order chi connectivity index (χ1) is 13.2. The van der Waals surface area contributed by atoms with E-state index in [4.69, 9.17) is 4.84 Å². The maximum absolute atomic E-state index is 12.4. The van der Waals surface area contributed by atoms with E-state index in [0.29, 0.717) is 30.7 Å². The average Bonchev–Trinajstić information content (AvgIpc) is 3.20. The van der Waals surface area contributed by atoms with E-state index in [1.165, 1.54) is 0 Å². The Hall–Kier alpha value is -3.48. The number of carbonyl (C=O) groups is 2. The summed E-state index contributed by atoms with van der Waals surface area (Å²) >= 11 is 0. The molecule has 4 rings (SSSR count). The molecule has 1 atom stereocenters. The highest BCUT2D eigenvalue weighted by atomic mass is 16.6. The van der Waals surface area contributed by atoms with Gasteiger partial charge >= 0.3 is 0 Å². The van der Waals surface area contributed by atoms with E-state index in [0.717, 1.165) is 16.8 Å². The smallest absolute Gasteiger partial charge is 0.273 e. The molecule has 0 saturated heterocycles. The number of hydrazone groups is 1. The summed E-state index contributed by atoms with van der Waals surface area (Å²) in [4.78, 5) is 29.0. The Morgan fingerprint density at radius 2 is 1.85 bits per heavy atom. The molecule has 0 spiro atoms. The van der Waals surface area contributed by atoms with Crippen molar-refractivity contribution in [3.05, 3.63) is 65.7 Å². The van der Waals surface area contributed by atoms with Gasteiger partial charge in [0.2, 0.25) is 5.91 Å². The first-order valence-electron chi connectivity index (χ1n) is 8.74. The largest absolute Gasteiger partial charge is 0.387 e. The molecule has 2 N–H and O–H groups in total. The number of hydrogen-bond acceptors (Lipinski definition) is 5. The minimum atomic E-state index is -0.275. The molecule has 2 aliphatic rings. The monoisotopic (exact) mass is 362 g/mol. The lowest BCUT2D eigenvalue weighted by Crippen LogP contribution is -2.26. The number of hydrogen-bond donors (Lipinski definition) is 2. The number of nitrogens with one attached hydrogen (secondary N) is 2. The maximum Gasteiger partial charge on any atom is 0.273 e. The summed E-state index contributed by atoms with van der Waals surface area (Å²) in [6.07, 6.45) is 1.24. The second kappa shape index (κ2) is 7.41. The summed E-state index contributed by atoms with van der Waals surface area (Å²) in [7, 11) is 0. The third-order valence-electron chi connectivity index (χ3n) is 4.48. The topological polar surface area (TPSA) is 92.2 Å². The van der Waals surface area contributed by atoms with Crippen LogP contribution in [0.2, 0.25) is 0 Å². The Morgan fingerprint density at radius 3 is 2.56 bits per heavy atom. The standard InChI is InChI=1S/C20H18N4O3/c25-19-11-10-16(22-23-19)13-6-8-15(9-7-13)21-20(26)17-12-18(27-24-17)14-4-2-1-3-5-14/h1-9,18H,10-12H2,(H,21,26)(H,23,25). The normalized spacial score (nSPS) is 18.8. The summed E-state index contributed by atoms with van der Waals surface area (Å²) in [5.41, 5.74) is 6.25. The molecule has 2 aromatic carbocycles. The van der Waals surface area contributed by atoms with Crippen molar-refractivity contribution in [2.45, 2.75) is 25.4 Å². The first-order valence-corrected chi connectivity index (χ1v) is 8.74. The molecule has 7 heteroatoms. The third-order valence-corrected chi connectivity index (χ3v) is 4.48.